The lowest BCUT2D eigenvalue weighted by molar-refractivity contribution is 0.109. The normalized spacial score (nSPS) is 19.4. The van der Waals surface area contributed by atoms with Crippen LogP contribution < -0.4 is 0 Å². The molecule has 1 N–H and O–H groups in total. The minimum absolute atomic E-state index is 0.130. The number of rotatable bonds is 5. The van der Waals surface area contributed by atoms with Crippen LogP contribution in [0.3, 0.4) is 0 Å². The van der Waals surface area contributed by atoms with Crippen LogP contribution in [-0.2, 0) is 4.74 Å². The first-order valence-corrected chi connectivity index (χ1v) is 6.38. The van der Waals surface area contributed by atoms with Crippen LogP contribution in [0.1, 0.15) is 33.6 Å². The van der Waals surface area contributed by atoms with Gasteiger partial charge in [-0.25, -0.2) is 0 Å². The van der Waals surface area contributed by atoms with E-state index in [2.05, 4.69) is 18.8 Å². The average molecular weight is 261 g/mol. The van der Waals surface area contributed by atoms with E-state index in [9.17, 15) is 5.11 Å². The summed E-state index contributed by atoms with van der Waals surface area (Å²) in [7, 11) is 0. The van der Waals surface area contributed by atoms with E-state index in [1.165, 1.54) is 0 Å². The van der Waals surface area contributed by atoms with Crippen molar-refractivity contribution in [2.75, 3.05) is 6.61 Å². The number of hydrogen-bond donors (Lipinski definition) is 1. The van der Waals surface area contributed by atoms with Gasteiger partial charge < -0.3 is 9.84 Å². The molecule has 4 heteroatoms. The highest BCUT2D eigenvalue weighted by Gasteiger charge is 2.35. The van der Waals surface area contributed by atoms with E-state index in [4.69, 9.17) is 10.1 Å². The highest BCUT2D eigenvalue weighted by molar-refractivity contribution is 5.39. The standard InChI is InChI=1S/C15H20N2O2/c1-4-5-6-7-10-19-14(18)13(17-16)12-8-9-15(2,3)11-12/h4-8H,9-11H2,1-3H3/p+1/b5-4+,7-6-,14-13+. The van der Waals surface area contributed by atoms with Crippen molar-refractivity contribution in [2.24, 2.45) is 5.41 Å². The van der Waals surface area contributed by atoms with E-state index >= 15 is 0 Å². The van der Waals surface area contributed by atoms with Crippen molar-refractivity contribution in [3.8, 4) is 0 Å². The molecule has 1 aliphatic carbocycles. The Morgan fingerprint density at radius 1 is 1.53 bits per heavy atom. The molecule has 1 rings (SSSR count). The molecule has 0 saturated carbocycles. The first-order chi connectivity index (χ1) is 9.00. The summed E-state index contributed by atoms with van der Waals surface area (Å²) < 4.78 is 5.14. The van der Waals surface area contributed by atoms with E-state index < -0.39 is 0 Å². The lowest BCUT2D eigenvalue weighted by Gasteiger charge is -2.15. The van der Waals surface area contributed by atoms with Gasteiger partial charge in [0.05, 0.1) is 5.57 Å². The highest BCUT2D eigenvalue weighted by atomic mass is 16.6. The molecule has 0 amide bonds. The molecule has 0 aliphatic heterocycles. The van der Waals surface area contributed by atoms with E-state index in [1.54, 1.807) is 6.08 Å². The van der Waals surface area contributed by atoms with Crippen LogP contribution >= 0.6 is 0 Å². The summed E-state index contributed by atoms with van der Waals surface area (Å²) in [5.74, 6) is -0.337. The number of nitrogens with zero attached hydrogens (tertiary/aromatic N) is 2. The van der Waals surface area contributed by atoms with Crippen LogP contribution in [0.4, 0.5) is 0 Å². The molecule has 0 heterocycles. The van der Waals surface area contributed by atoms with Gasteiger partial charge in [0.15, 0.2) is 4.98 Å². The maximum atomic E-state index is 9.81. The van der Waals surface area contributed by atoms with Crippen LogP contribution in [0, 0.1) is 10.8 Å². The van der Waals surface area contributed by atoms with E-state index in [-0.39, 0.29) is 23.7 Å². The molecule has 0 bridgehead atoms. The molecule has 0 fully saturated rings. The molecule has 19 heavy (non-hydrogen) atoms. The second kappa shape index (κ2) is 6.79. The van der Waals surface area contributed by atoms with Crippen LogP contribution in [0.2, 0.25) is 0 Å². The van der Waals surface area contributed by atoms with Crippen molar-refractivity contribution in [1.29, 1.82) is 5.39 Å². The van der Waals surface area contributed by atoms with Crippen LogP contribution in [0.15, 0.2) is 47.6 Å². The van der Waals surface area contributed by atoms with Crippen molar-refractivity contribution in [3.05, 3.63) is 52.6 Å². The predicted octanol–water partition coefficient (Wildman–Crippen LogP) is 4.46. The number of diazo groups is 1. The van der Waals surface area contributed by atoms with Gasteiger partial charge in [0.1, 0.15) is 6.61 Å². The Morgan fingerprint density at radius 2 is 2.26 bits per heavy atom. The second-order valence-electron chi connectivity index (χ2n) is 5.29. The van der Waals surface area contributed by atoms with Gasteiger partial charge in [-0.15, -0.1) is 0 Å². The molecule has 0 radical (unpaired) electrons. The molecule has 102 valence electrons. The summed E-state index contributed by atoms with van der Waals surface area (Å²) in [5.41, 5.74) is 1.09. The van der Waals surface area contributed by atoms with Crippen molar-refractivity contribution in [1.82, 2.24) is 0 Å². The van der Waals surface area contributed by atoms with Gasteiger partial charge in [0.25, 0.3) is 0 Å². The summed E-state index contributed by atoms with van der Waals surface area (Å²) >= 11 is 0. The van der Waals surface area contributed by atoms with E-state index in [0.29, 0.717) is 0 Å². The van der Waals surface area contributed by atoms with Crippen LogP contribution in [0.5, 0.6) is 0 Å². The zero-order chi connectivity index (χ0) is 14.3. The molecule has 4 nitrogen and oxygen atoms in total. The third-order valence-electron chi connectivity index (χ3n) is 2.93. The third kappa shape index (κ3) is 4.63. The van der Waals surface area contributed by atoms with Gasteiger partial charge >= 0.3 is 11.6 Å². The molecular formula is C15H21N2O2+. The summed E-state index contributed by atoms with van der Waals surface area (Å²) in [4.78, 5) is 3.15. The van der Waals surface area contributed by atoms with Crippen molar-refractivity contribution >= 4 is 0 Å². The Hall–Kier alpha value is -2.02. The molecule has 0 atom stereocenters. The summed E-state index contributed by atoms with van der Waals surface area (Å²) in [5, 5.41) is 18.8. The molecular weight excluding hydrogens is 240 g/mol. The fraction of sp³-hybridized carbons (Fsp3) is 0.467. The second-order valence-corrected chi connectivity index (χ2v) is 5.29. The molecule has 0 aromatic heterocycles. The van der Waals surface area contributed by atoms with Crippen LogP contribution in [-0.4, -0.2) is 11.7 Å². The Bertz CT molecular complexity index is 477. The zero-order valence-corrected chi connectivity index (χ0v) is 11.8. The Balaban J connectivity index is 2.68. The predicted molar refractivity (Wildman–Crippen MR) is 75.7 cm³/mol. The maximum Gasteiger partial charge on any atom is 0.466 e. The first-order valence-electron chi connectivity index (χ1n) is 6.38. The summed E-state index contributed by atoms with van der Waals surface area (Å²) in [6.45, 7) is 6.40. The van der Waals surface area contributed by atoms with Gasteiger partial charge in [-0.2, -0.15) is 0 Å². The van der Waals surface area contributed by atoms with E-state index in [0.717, 1.165) is 18.4 Å². The number of hydrogen-bond acceptors (Lipinski definition) is 3. The Labute approximate surface area is 114 Å². The molecule has 0 aromatic carbocycles. The van der Waals surface area contributed by atoms with Gasteiger partial charge in [-0.1, -0.05) is 38.2 Å². The smallest absolute Gasteiger partial charge is 0.466 e. The highest BCUT2D eigenvalue weighted by Crippen LogP contribution is 2.40. The average Bonchev–Trinajstić information content (AvgIpc) is 2.70. The van der Waals surface area contributed by atoms with Crippen LogP contribution in [0.25, 0.3) is 4.98 Å². The van der Waals surface area contributed by atoms with Gasteiger partial charge in [-0.05, 0) is 31.3 Å². The first kappa shape index (κ1) is 15.0. The molecule has 0 aromatic rings. The Morgan fingerprint density at radius 3 is 2.79 bits per heavy atom. The maximum absolute atomic E-state index is 9.81. The fourth-order valence-electron chi connectivity index (χ4n) is 1.92. The topological polar surface area (TPSA) is 57.6 Å². The molecule has 0 unspecified atom stereocenters. The largest absolute Gasteiger partial charge is 0.475 e. The molecule has 0 saturated heterocycles. The van der Waals surface area contributed by atoms with Gasteiger partial charge in [0.2, 0.25) is 5.39 Å². The van der Waals surface area contributed by atoms with Crippen molar-refractivity contribution in [3.63, 3.8) is 0 Å². The Kier molecular flexibility index (Phi) is 5.37. The minimum Gasteiger partial charge on any atom is -0.475 e. The minimum atomic E-state index is -0.337. The summed E-state index contributed by atoms with van der Waals surface area (Å²) in [6, 6.07) is 0. The number of aliphatic hydroxyl groups is 1. The monoisotopic (exact) mass is 261 g/mol. The van der Waals surface area contributed by atoms with Gasteiger partial charge in [0, 0.05) is 0 Å². The molecule has 0 spiro atoms. The lowest BCUT2D eigenvalue weighted by Crippen LogP contribution is -2.06. The SMILES string of the molecule is C/C=C/C=C\CO/C(O)=C(/[N+]#N)C1=CCC(C)(C)C1. The quantitative estimate of drug-likeness (QED) is 0.451. The number of allylic oxidation sites excluding steroid dienone is 5. The molecule has 1 aliphatic rings. The van der Waals surface area contributed by atoms with Crippen molar-refractivity contribution < 1.29 is 9.84 Å². The fourth-order valence-corrected chi connectivity index (χ4v) is 1.92. The number of ether oxygens (including phenoxy) is 1. The van der Waals surface area contributed by atoms with Gasteiger partial charge in [-0.3, -0.25) is 0 Å². The number of aliphatic hydroxyl groups excluding tert-OH is 1. The zero-order valence-electron chi connectivity index (χ0n) is 11.8. The summed E-state index contributed by atoms with van der Waals surface area (Å²) in [6.07, 6.45) is 11.0. The van der Waals surface area contributed by atoms with E-state index in [1.807, 2.05) is 31.2 Å². The van der Waals surface area contributed by atoms with Crippen molar-refractivity contribution in [2.45, 2.75) is 33.6 Å². The lowest BCUT2D eigenvalue weighted by atomic mass is 9.89. The third-order valence-corrected chi connectivity index (χ3v) is 2.93.